The smallest absolute Gasteiger partial charge is 0.259 e. The molecule has 142 valence electrons. The average Bonchev–Trinajstić information content (AvgIpc) is 3.33. The van der Waals surface area contributed by atoms with Gasteiger partial charge in [0, 0.05) is 11.6 Å². The van der Waals surface area contributed by atoms with Gasteiger partial charge in [0.1, 0.15) is 0 Å². The average molecular weight is 399 g/mol. The molecule has 0 unspecified atom stereocenters. The first-order chi connectivity index (χ1) is 14.2. The number of carbonyl (C=O) groups excluding carboxylic acids is 1. The number of aryl methyl sites for hydroxylation is 1. The van der Waals surface area contributed by atoms with Crippen LogP contribution in [0, 0.1) is 6.92 Å². The summed E-state index contributed by atoms with van der Waals surface area (Å²) in [4.78, 5) is 21.7. The zero-order valence-electron chi connectivity index (χ0n) is 15.7. The third-order valence-corrected chi connectivity index (χ3v) is 5.69. The molecule has 0 aliphatic carbocycles. The van der Waals surface area contributed by atoms with Crippen LogP contribution in [0.15, 0.2) is 67.0 Å². The lowest BCUT2D eigenvalue weighted by molar-refractivity contribution is 0.102. The van der Waals surface area contributed by atoms with Crippen molar-refractivity contribution >= 4 is 43.6 Å². The molecule has 3 heterocycles. The van der Waals surface area contributed by atoms with Gasteiger partial charge in [-0.3, -0.25) is 10.1 Å². The van der Waals surface area contributed by atoms with E-state index < -0.39 is 0 Å². The first kappa shape index (κ1) is 17.5. The summed E-state index contributed by atoms with van der Waals surface area (Å²) >= 11 is 1.46. The Labute approximate surface area is 170 Å². The number of hydrogen-bond donors (Lipinski definition) is 1. The minimum absolute atomic E-state index is 0.230. The van der Waals surface area contributed by atoms with Crippen LogP contribution in [-0.4, -0.2) is 25.7 Å². The predicted molar refractivity (Wildman–Crippen MR) is 115 cm³/mol. The van der Waals surface area contributed by atoms with Crippen LogP contribution in [0.25, 0.3) is 21.3 Å². The molecule has 29 heavy (non-hydrogen) atoms. The standard InChI is InChI=1S/C22H17N5OS/c1-14-6-5-9-18-19(14)25-22(29-18)26-21(28)17-10-16-12-24-27(20(16)23-11-17)13-15-7-3-2-4-8-15/h2-12H,13H2,1H3,(H,25,26,28). The number of aromatic nitrogens is 4. The maximum Gasteiger partial charge on any atom is 0.259 e. The Morgan fingerprint density at radius 1 is 1.10 bits per heavy atom. The van der Waals surface area contributed by atoms with Crippen molar-refractivity contribution in [1.82, 2.24) is 19.7 Å². The minimum atomic E-state index is -0.230. The molecular weight excluding hydrogens is 382 g/mol. The number of benzene rings is 2. The third kappa shape index (κ3) is 3.36. The lowest BCUT2D eigenvalue weighted by atomic mass is 10.2. The number of pyridine rings is 1. The summed E-state index contributed by atoms with van der Waals surface area (Å²) in [5, 5.41) is 8.72. The molecule has 0 aliphatic rings. The van der Waals surface area contributed by atoms with Gasteiger partial charge >= 0.3 is 0 Å². The maximum absolute atomic E-state index is 12.7. The first-order valence-corrected chi connectivity index (χ1v) is 10.0. The first-order valence-electron chi connectivity index (χ1n) is 9.20. The summed E-state index contributed by atoms with van der Waals surface area (Å²) in [6, 6.07) is 17.9. The second-order valence-corrected chi connectivity index (χ2v) is 7.85. The molecule has 3 aromatic heterocycles. The molecule has 1 N–H and O–H groups in total. The van der Waals surface area contributed by atoms with Crippen LogP contribution in [0.1, 0.15) is 21.5 Å². The van der Waals surface area contributed by atoms with Gasteiger partial charge in [-0.1, -0.05) is 53.8 Å². The van der Waals surface area contributed by atoms with E-state index in [4.69, 9.17) is 0 Å². The van der Waals surface area contributed by atoms with E-state index in [1.165, 1.54) is 11.3 Å². The number of nitrogens with zero attached hydrogens (tertiary/aromatic N) is 4. The van der Waals surface area contributed by atoms with Crippen LogP contribution in [0.4, 0.5) is 5.13 Å². The SMILES string of the molecule is Cc1cccc2sc(NC(=O)c3cnc4c(cnn4Cc4ccccc4)c3)nc12. The van der Waals surface area contributed by atoms with Crippen LogP contribution in [0.2, 0.25) is 0 Å². The molecule has 0 radical (unpaired) electrons. The van der Waals surface area contributed by atoms with Crippen molar-refractivity contribution in [3.05, 3.63) is 83.7 Å². The molecular formula is C22H17N5OS. The van der Waals surface area contributed by atoms with Gasteiger partial charge in [-0.2, -0.15) is 5.10 Å². The molecule has 0 bridgehead atoms. The summed E-state index contributed by atoms with van der Waals surface area (Å²) in [7, 11) is 0. The molecule has 0 saturated carbocycles. The molecule has 2 aromatic carbocycles. The lowest BCUT2D eigenvalue weighted by Gasteiger charge is -2.04. The monoisotopic (exact) mass is 399 g/mol. The van der Waals surface area contributed by atoms with Gasteiger partial charge in [0.15, 0.2) is 10.8 Å². The minimum Gasteiger partial charge on any atom is -0.298 e. The number of nitrogens with one attached hydrogen (secondary N) is 1. The van der Waals surface area contributed by atoms with Crippen LogP contribution < -0.4 is 5.32 Å². The quantitative estimate of drug-likeness (QED) is 0.477. The highest BCUT2D eigenvalue weighted by atomic mass is 32.1. The molecule has 5 rings (SSSR count). The van der Waals surface area contributed by atoms with E-state index in [1.54, 1.807) is 12.4 Å². The number of amides is 1. The van der Waals surface area contributed by atoms with Crippen molar-refractivity contribution in [2.75, 3.05) is 5.32 Å². The summed E-state index contributed by atoms with van der Waals surface area (Å²) < 4.78 is 2.89. The molecule has 6 nitrogen and oxygen atoms in total. The van der Waals surface area contributed by atoms with Crippen LogP contribution in [0.3, 0.4) is 0 Å². The third-order valence-electron chi connectivity index (χ3n) is 4.75. The lowest BCUT2D eigenvalue weighted by Crippen LogP contribution is -2.12. The Bertz CT molecular complexity index is 1340. The molecule has 0 fully saturated rings. The fourth-order valence-electron chi connectivity index (χ4n) is 3.28. The van der Waals surface area contributed by atoms with Crippen molar-refractivity contribution in [1.29, 1.82) is 0 Å². The Balaban J connectivity index is 1.39. The molecule has 0 aliphatic heterocycles. The van der Waals surface area contributed by atoms with E-state index in [9.17, 15) is 4.79 Å². The number of rotatable bonds is 4. The fraction of sp³-hybridized carbons (Fsp3) is 0.0909. The van der Waals surface area contributed by atoms with Crippen molar-refractivity contribution in [3.8, 4) is 0 Å². The summed E-state index contributed by atoms with van der Waals surface area (Å²) in [6.45, 7) is 2.65. The van der Waals surface area contributed by atoms with E-state index in [1.807, 2.05) is 54.1 Å². The predicted octanol–water partition coefficient (Wildman–Crippen LogP) is 4.65. The van der Waals surface area contributed by atoms with Crippen LogP contribution >= 0.6 is 11.3 Å². The van der Waals surface area contributed by atoms with Gasteiger partial charge < -0.3 is 0 Å². The van der Waals surface area contributed by atoms with Gasteiger partial charge in [0.25, 0.3) is 5.91 Å². The molecule has 0 spiro atoms. The van der Waals surface area contributed by atoms with E-state index >= 15 is 0 Å². The van der Waals surface area contributed by atoms with Gasteiger partial charge in [-0.25, -0.2) is 14.6 Å². The second-order valence-electron chi connectivity index (χ2n) is 6.82. The molecule has 7 heteroatoms. The topological polar surface area (TPSA) is 72.7 Å². The summed E-state index contributed by atoms with van der Waals surface area (Å²) in [6.07, 6.45) is 3.32. The number of para-hydroxylation sites is 1. The zero-order chi connectivity index (χ0) is 19.8. The Morgan fingerprint density at radius 2 is 1.97 bits per heavy atom. The fourth-order valence-corrected chi connectivity index (χ4v) is 4.22. The molecule has 1 amide bonds. The van der Waals surface area contributed by atoms with Crippen molar-refractivity contribution in [3.63, 3.8) is 0 Å². The van der Waals surface area contributed by atoms with Crippen LogP contribution in [0.5, 0.6) is 0 Å². The van der Waals surface area contributed by atoms with Gasteiger partial charge in [0.05, 0.1) is 28.5 Å². The van der Waals surface area contributed by atoms with Gasteiger partial charge in [0.2, 0.25) is 0 Å². The number of fused-ring (bicyclic) bond motifs is 2. The molecule has 5 aromatic rings. The highest BCUT2D eigenvalue weighted by Crippen LogP contribution is 2.28. The highest BCUT2D eigenvalue weighted by molar-refractivity contribution is 7.22. The Hall–Kier alpha value is -3.58. The largest absolute Gasteiger partial charge is 0.298 e. The van der Waals surface area contributed by atoms with Gasteiger partial charge in [-0.05, 0) is 30.2 Å². The Morgan fingerprint density at radius 3 is 2.79 bits per heavy atom. The normalized spacial score (nSPS) is 11.2. The Kier molecular flexibility index (Phi) is 4.29. The van der Waals surface area contributed by atoms with Crippen molar-refractivity contribution < 1.29 is 4.79 Å². The van der Waals surface area contributed by atoms with E-state index in [0.29, 0.717) is 17.2 Å². The van der Waals surface area contributed by atoms with E-state index in [0.717, 1.165) is 32.4 Å². The maximum atomic E-state index is 12.7. The van der Waals surface area contributed by atoms with Crippen molar-refractivity contribution in [2.24, 2.45) is 0 Å². The number of thiazole rings is 1. The highest BCUT2D eigenvalue weighted by Gasteiger charge is 2.13. The molecule has 0 atom stereocenters. The second kappa shape index (κ2) is 7.10. The number of hydrogen-bond acceptors (Lipinski definition) is 5. The van der Waals surface area contributed by atoms with E-state index in [2.05, 4.69) is 32.5 Å². The summed E-state index contributed by atoms with van der Waals surface area (Å²) in [5.74, 6) is -0.230. The zero-order valence-corrected chi connectivity index (χ0v) is 16.5. The summed E-state index contributed by atoms with van der Waals surface area (Å²) in [5.41, 5.74) is 4.39. The number of anilines is 1. The molecule has 0 saturated heterocycles. The van der Waals surface area contributed by atoms with Gasteiger partial charge in [-0.15, -0.1) is 0 Å². The van der Waals surface area contributed by atoms with Crippen molar-refractivity contribution in [2.45, 2.75) is 13.5 Å². The van der Waals surface area contributed by atoms with Crippen LogP contribution in [-0.2, 0) is 6.54 Å². The van der Waals surface area contributed by atoms with E-state index in [-0.39, 0.29) is 5.91 Å². The number of carbonyl (C=O) groups is 1.